The number of aryl methyl sites for hydroxylation is 1. The van der Waals surface area contributed by atoms with Gasteiger partial charge in [0, 0.05) is 18.3 Å². The number of rotatable bonds is 3. The van der Waals surface area contributed by atoms with Crippen molar-refractivity contribution < 1.29 is 0 Å². The van der Waals surface area contributed by atoms with Crippen LogP contribution in [0.1, 0.15) is 31.5 Å². The van der Waals surface area contributed by atoms with E-state index in [-0.39, 0.29) is 0 Å². The number of aromatic nitrogens is 3. The number of hydrogen-bond donors (Lipinski definition) is 1. The van der Waals surface area contributed by atoms with Gasteiger partial charge in [0.25, 0.3) is 0 Å². The maximum atomic E-state index is 4.22. The predicted molar refractivity (Wildman–Crippen MR) is 66.7 cm³/mol. The molecule has 90 valence electrons. The minimum atomic E-state index is 0.681. The standard InChI is InChI=1S/C11H20N4S/c1-8-13-14-11(15(8)3)16-10-6-4-5-9(7-10)12-2/h9-10,12H,4-7H2,1-3H3. The van der Waals surface area contributed by atoms with E-state index in [2.05, 4.69) is 27.1 Å². The van der Waals surface area contributed by atoms with Crippen LogP contribution in [-0.2, 0) is 7.05 Å². The molecule has 0 saturated heterocycles. The van der Waals surface area contributed by atoms with Crippen LogP contribution in [0.15, 0.2) is 5.16 Å². The molecule has 0 aliphatic heterocycles. The van der Waals surface area contributed by atoms with Crippen LogP contribution in [0.2, 0.25) is 0 Å². The number of hydrogen-bond acceptors (Lipinski definition) is 4. The van der Waals surface area contributed by atoms with Gasteiger partial charge in [-0.25, -0.2) is 0 Å². The summed E-state index contributed by atoms with van der Waals surface area (Å²) >= 11 is 1.88. The highest BCUT2D eigenvalue weighted by atomic mass is 32.2. The second-order valence-electron chi connectivity index (χ2n) is 4.48. The second kappa shape index (κ2) is 5.19. The summed E-state index contributed by atoms with van der Waals surface area (Å²) in [6.07, 6.45) is 5.17. The van der Waals surface area contributed by atoms with Gasteiger partial charge in [-0.05, 0) is 33.2 Å². The number of nitrogens with one attached hydrogen (secondary N) is 1. The molecule has 1 saturated carbocycles. The van der Waals surface area contributed by atoms with E-state index in [1.54, 1.807) is 0 Å². The van der Waals surface area contributed by atoms with Gasteiger partial charge in [0.1, 0.15) is 5.82 Å². The molecule has 0 spiro atoms. The molecule has 0 bridgehead atoms. The van der Waals surface area contributed by atoms with E-state index in [0.717, 1.165) is 11.0 Å². The van der Waals surface area contributed by atoms with Crippen molar-refractivity contribution in [3.05, 3.63) is 5.82 Å². The summed E-state index contributed by atoms with van der Waals surface area (Å²) in [6, 6.07) is 0.681. The topological polar surface area (TPSA) is 42.7 Å². The first-order valence-corrected chi connectivity index (χ1v) is 6.78. The summed E-state index contributed by atoms with van der Waals surface area (Å²) in [5, 5.41) is 13.4. The average molecular weight is 240 g/mol. The Hall–Kier alpha value is -0.550. The van der Waals surface area contributed by atoms with E-state index in [0.29, 0.717) is 11.3 Å². The normalized spacial score (nSPS) is 25.9. The Bertz CT molecular complexity index is 350. The third kappa shape index (κ3) is 2.58. The molecule has 1 aromatic heterocycles. The van der Waals surface area contributed by atoms with E-state index in [1.165, 1.54) is 25.7 Å². The van der Waals surface area contributed by atoms with Crippen molar-refractivity contribution in [3.63, 3.8) is 0 Å². The third-order valence-electron chi connectivity index (χ3n) is 3.36. The maximum Gasteiger partial charge on any atom is 0.191 e. The van der Waals surface area contributed by atoms with Gasteiger partial charge in [0.05, 0.1) is 0 Å². The molecule has 2 rings (SSSR count). The van der Waals surface area contributed by atoms with Crippen LogP contribution in [0.4, 0.5) is 0 Å². The molecule has 1 N–H and O–H groups in total. The summed E-state index contributed by atoms with van der Waals surface area (Å²) in [6.45, 7) is 1.99. The Morgan fingerprint density at radius 3 is 2.81 bits per heavy atom. The molecule has 16 heavy (non-hydrogen) atoms. The fourth-order valence-corrected chi connectivity index (χ4v) is 3.44. The van der Waals surface area contributed by atoms with Crippen LogP contribution in [-0.4, -0.2) is 33.1 Å². The van der Waals surface area contributed by atoms with E-state index in [1.807, 2.05) is 25.7 Å². The molecular formula is C11H20N4S. The summed E-state index contributed by atoms with van der Waals surface area (Å²) in [5.41, 5.74) is 0. The van der Waals surface area contributed by atoms with Gasteiger partial charge >= 0.3 is 0 Å². The van der Waals surface area contributed by atoms with Gasteiger partial charge in [0.15, 0.2) is 5.16 Å². The van der Waals surface area contributed by atoms with Crippen molar-refractivity contribution in [2.24, 2.45) is 7.05 Å². The van der Waals surface area contributed by atoms with Crippen LogP contribution in [0.3, 0.4) is 0 Å². The zero-order valence-corrected chi connectivity index (χ0v) is 11.0. The predicted octanol–water partition coefficient (Wildman–Crippen LogP) is 1.75. The van der Waals surface area contributed by atoms with Crippen molar-refractivity contribution in [2.45, 2.75) is 49.1 Å². The monoisotopic (exact) mass is 240 g/mol. The zero-order valence-electron chi connectivity index (χ0n) is 10.2. The van der Waals surface area contributed by atoms with Gasteiger partial charge in [-0.2, -0.15) is 0 Å². The zero-order chi connectivity index (χ0) is 11.5. The Morgan fingerprint density at radius 2 is 2.19 bits per heavy atom. The fraction of sp³-hybridized carbons (Fsp3) is 0.818. The Morgan fingerprint density at radius 1 is 1.38 bits per heavy atom. The summed E-state index contributed by atoms with van der Waals surface area (Å²) in [5.74, 6) is 0.989. The lowest BCUT2D eigenvalue weighted by Gasteiger charge is -2.27. The van der Waals surface area contributed by atoms with Crippen molar-refractivity contribution >= 4 is 11.8 Å². The summed E-state index contributed by atoms with van der Waals surface area (Å²) < 4.78 is 2.08. The lowest BCUT2D eigenvalue weighted by Crippen LogP contribution is -2.32. The highest BCUT2D eigenvalue weighted by molar-refractivity contribution is 7.99. The van der Waals surface area contributed by atoms with Gasteiger partial charge < -0.3 is 9.88 Å². The second-order valence-corrected chi connectivity index (χ2v) is 5.75. The lowest BCUT2D eigenvalue weighted by molar-refractivity contribution is 0.402. The molecule has 4 nitrogen and oxygen atoms in total. The van der Waals surface area contributed by atoms with Crippen LogP contribution in [0.5, 0.6) is 0 Å². The number of nitrogens with zero attached hydrogens (tertiary/aromatic N) is 3. The first-order chi connectivity index (χ1) is 7.70. The van der Waals surface area contributed by atoms with Crippen LogP contribution in [0.25, 0.3) is 0 Å². The molecular weight excluding hydrogens is 220 g/mol. The van der Waals surface area contributed by atoms with Crippen LogP contribution < -0.4 is 5.32 Å². The molecule has 0 aromatic carbocycles. The maximum absolute atomic E-state index is 4.22. The number of thioether (sulfide) groups is 1. The molecule has 1 aliphatic rings. The first-order valence-electron chi connectivity index (χ1n) is 5.90. The van der Waals surface area contributed by atoms with Crippen LogP contribution in [0, 0.1) is 6.92 Å². The SMILES string of the molecule is CNC1CCCC(Sc2nnc(C)n2C)C1. The lowest BCUT2D eigenvalue weighted by atomic mass is 9.95. The Labute approximate surface area is 101 Å². The van der Waals surface area contributed by atoms with Gasteiger partial charge in [0.2, 0.25) is 0 Å². The van der Waals surface area contributed by atoms with E-state index >= 15 is 0 Å². The van der Waals surface area contributed by atoms with Crippen molar-refractivity contribution in [1.29, 1.82) is 0 Å². The molecule has 1 aliphatic carbocycles. The summed E-state index contributed by atoms with van der Waals surface area (Å²) in [7, 11) is 4.10. The Kier molecular flexibility index (Phi) is 3.86. The van der Waals surface area contributed by atoms with Gasteiger partial charge in [-0.15, -0.1) is 10.2 Å². The molecule has 0 radical (unpaired) electrons. The molecule has 2 unspecified atom stereocenters. The van der Waals surface area contributed by atoms with E-state index in [4.69, 9.17) is 0 Å². The third-order valence-corrected chi connectivity index (χ3v) is 4.69. The van der Waals surface area contributed by atoms with E-state index < -0.39 is 0 Å². The Balaban J connectivity index is 1.96. The largest absolute Gasteiger partial charge is 0.317 e. The smallest absolute Gasteiger partial charge is 0.191 e. The fourth-order valence-electron chi connectivity index (χ4n) is 2.15. The average Bonchev–Trinajstić information content (AvgIpc) is 2.61. The molecule has 1 aromatic rings. The molecule has 1 heterocycles. The van der Waals surface area contributed by atoms with Crippen LogP contribution >= 0.6 is 11.8 Å². The molecule has 5 heteroatoms. The highest BCUT2D eigenvalue weighted by Gasteiger charge is 2.23. The highest BCUT2D eigenvalue weighted by Crippen LogP contribution is 2.32. The quantitative estimate of drug-likeness (QED) is 0.874. The van der Waals surface area contributed by atoms with Crippen molar-refractivity contribution in [2.75, 3.05) is 7.05 Å². The van der Waals surface area contributed by atoms with Crippen molar-refractivity contribution in [1.82, 2.24) is 20.1 Å². The first kappa shape index (κ1) is 11.9. The minimum Gasteiger partial charge on any atom is -0.317 e. The van der Waals surface area contributed by atoms with Crippen molar-refractivity contribution in [3.8, 4) is 0 Å². The van der Waals surface area contributed by atoms with Gasteiger partial charge in [-0.1, -0.05) is 18.2 Å². The van der Waals surface area contributed by atoms with Gasteiger partial charge in [-0.3, -0.25) is 0 Å². The minimum absolute atomic E-state index is 0.681. The molecule has 0 amide bonds. The molecule has 2 atom stereocenters. The summed E-state index contributed by atoms with van der Waals surface area (Å²) in [4.78, 5) is 0. The van der Waals surface area contributed by atoms with E-state index in [9.17, 15) is 0 Å². The molecule has 1 fully saturated rings.